The summed E-state index contributed by atoms with van der Waals surface area (Å²) in [6, 6.07) is 15.2. The second-order valence-corrected chi connectivity index (χ2v) is 6.65. The highest BCUT2D eigenvalue weighted by molar-refractivity contribution is 7.94. The SMILES string of the molecule is C/C(=C\S(=O)(=O)c1ccc(C)cc1)C(=O)c1ccccc1. The van der Waals surface area contributed by atoms with Crippen molar-refractivity contribution in [3.05, 3.63) is 76.7 Å². The summed E-state index contributed by atoms with van der Waals surface area (Å²) in [6.07, 6.45) is 0. The average Bonchev–Trinajstić information content (AvgIpc) is 2.47. The zero-order chi connectivity index (χ0) is 15.5. The zero-order valence-corrected chi connectivity index (χ0v) is 12.7. The van der Waals surface area contributed by atoms with Gasteiger partial charge in [0.25, 0.3) is 0 Å². The van der Waals surface area contributed by atoms with Crippen LogP contribution in [0.15, 0.2) is 70.5 Å². The fourth-order valence-corrected chi connectivity index (χ4v) is 3.12. The van der Waals surface area contributed by atoms with Gasteiger partial charge in [-0.25, -0.2) is 8.42 Å². The first kappa shape index (κ1) is 15.2. The third-order valence-electron chi connectivity index (χ3n) is 3.08. The summed E-state index contributed by atoms with van der Waals surface area (Å²) in [5.41, 5.74) is 1.65. The minimum absolute atomic E-state index is 0.188. The van der Waals surface area contributed by atoms with Crippen LogP contribution in [0.5, 0.6) is 0 Å². The number of rotatable bonds is 4. The maximum Gasteiger partial charge on any atom is 0.200 e. The van der Waals surface area contributed by atoms with Crippen LogP contribution in [0.3, 0.4) is 0 Å². The third-order valence-corrected chi connectivity index (χ3v) is 4.67. The number of carbonyl (C=O) groups is 1. The number of benzene rings is 2. The molecule has 0 spiro atoms. The van der Waals surface area contributed by atoms with E-state index in [2.05, 4.69) is 0 Å². The Kier molecular flexibility index (Phi) is 4.38. The Balaban J connectivity index is 2.33. The minimum Gasteiger partial charge on any atom is -0.289 e. The molecule has 0 aliphatic rings. The van der Waals surface area contributed by atoms with Crippen molar-refractivity contribution < 1.29 is 13.2 Å². The Bertz CT molecular complexity index is 771. The molecule has 0 heterocycles. The van der Waals surface area contributed by atoms with Gasteiger partial charge in [-0.15, -0.1) is 0 Å². The molecule has 3 nitrogen and oxygen atoms in total. The summed E-state index contributed by atoms with van der Waals surface area (Å²) in [6.45, 7) is 3.40. The Morgan fingerprint density at radius 2 is 1.52 bits per heavy atom. The Morgan fingerprint density at radius 1 is 0.952 bits per heavy atom. The molecule has 108 valence electrons. The van der Waals surface area contributed by atoms with Gasteiger partial charge in [0, 0.05) is 16.5 Å². The normalized spacial score (nSPS) is 12.2. The van der Waals surface area contributed by atoms with E-state index < -0.39 is 9.84 Å². The number of Topliss-reactive ketones (excluding diaryl/α,β-unsaturated/α-hetero) is 1. The molecule has 0 aliphatic heterocycles. The van der Waals surface area contributed by atoms with E-state index >= 15 is 0 Å². The first-order chi connectivity index (χ1) is 9.90. The second kappa shape index (κ2) is 6.06. The molecule has 0 aliphatic carbocycles. The van der Waals surface area contributed by atoms with Gasteiger partial charge in [0.1, 0.15) is 0 Å². The van der Waals surface area contributed by atoms with Gasteiger partial charge >= 0.3 is 0 Å². The highest BCUT2D eigenvalue weighted by Gasteiger charge is 2.15. The van der Waals surface area contributed by atoms with E-state index in [-0.39, 0.29) is 16.3 Å². The zero-order valence-electron chi connectivity index (χ0n) is 11.9. The third kappa shape index (κ3) is 3.67. The largest absolute Gasteiger partial charge is 0.289 e. The molecule has 2 aromatic carbocycles. The highest BCUT2D eigenvalue weighted by Crippen LogP contribution is 2.17. The molecule has 4 heteroatoms. The molecule has 0 unspecified atom stereocenters. The van der Waals surface area contributed by atoms with Gasteiger partial charge in [0.05, 0.1) is 4.90 Å². The molecule has 0 bridgehead atoms. The predicted octanol–water partition coefficient (Wildman–Crippen LogP) is 3.56. The monoisotopic (exact) mass is 300 g/mol. The van der Waals surface area contributed by atoms with Gasteiger partial charge in [-0.2, -0.15) is 0 Å². The van der Waals surface area contributed by atoms with Crippen molar-refractivity contribution >= 4 is 15.6 Å². The summed E-state index contributed by atoms with van der Waals surface area (Å²) in [5, 5.41) is 1.03. The maximum atomic E-state index is 12.3. The summed E-state index contributed by atoms with van der Waals surface area (Å²) < 4.78 is 24.5. The van der Waals surface area contributed by atoms with Gasteiger partial charge in [-0.1, -0.05) is 48.0 Å². The van der Waals surface area contributed by atoms with Crippen molar-refractivity contribution in [3.8, 4) is 0 Å². The predicted molar refractivity (Wildman–Crippen MR) is 82.9 cm³/mol. The topological polar surface area (TPSA) is 51.2 Å². The van der Waals surface area contributed by atoms with E-state index in [0.29, 0.717) is 5.56 Å². The lowest BCUT2D eigenvalue weighted by Gasteiger charge is -2.03. The number of hydrogen-bond donors (Lipinski definition) is 0. The smallest absolute Gasteiger partial charge is 0.200 e. The van der Waals surface area contributed by atoms with E-state index in [9.17, 15) is 13.2 Å². The fraction of sp³-hybridized carbons (Fsp3) is 0.118. The lowest BCUT2D eigenvalue weighted by molar-refractivity contribution is 0.103. The van der Waals surface area contributed by atoms with Crippen LogP contribution in [0.4, 0.5) is 0 Å². The maximum absolute atomic E-state index is 12.3. The first-order valence-electron chi connectivity index (χ1n) is 6.50. The molecule has 0 N–H and O–H groups in total. The average molecular weight is 300 g/mol. The van der Waals surface area contributed by atoms with Gasteiger partial charge < -0.3 is 0 Å². The van der Waals surface area contributed by atoms with Gasteiger partial charge in [-0.3, -0.25) is 4.79 Å². The number of hydrogen-bond acceptors (Lipinski definition) is 3. The van der Waals surface area contributed by atoms with Crippen molar-refractivity contribution in [1.82, 2.24) is 0 Å². The molecule has 0 atom stereocenters. The summed E-state index contributed by atoms with van der Waals surface area (Å²) >= 11 is 0. The van der Waals surface area contributed by atoms with Crippen molar-refractivity contribution in [2.24, 2.45) is 0 Å². The van der Waals surface area contributed by atoms with Crippen LogP contribution >= 0.6 is 0 Å². The Labute approximate surface area is 124 Å². The van der Waals surface area contributed by atoms with Crippen LogP contribution in [-0.2, 0) is 9.84 Å². The number of sulfone groups is 1. The fourth-order valence-electron chi connectivity index (χ4n) is 1.90. The van der Waals surface area contributed by atoms with Crippen LogP contribution in [-0.4, -0.2) is 14.2 Å². The Hall–Kier alpha value is -2.20. The molecular weight excluding hydrogens is 284 g/mol. The summed E-state index contributed by atoms with van der Waals surface area (Å²) in [4.78, 5) is 12.4. The van der Waals surface area contributed by atoms with E-state index in [4.69, 9.17) is 0 Å². The van der Waals surface area contributed by atoms with Crippen LogP contribution < -0.4 is 0 Å². The molecule has 0 saturated carbocycles. The highest BCUT2D eigenvalue weighted by atomic mass is 32.2. The van der Waals surface area contributed by atoms with Crippen LogP contribution in [0, 0.1) is 6.92 Å². The van der Waals surface area contributed by atoms with Crippen LogP contribution in [0.2, 0.25) is 0 Å². The lowest BCUT2D eigenvalue weighted by Crippen LogP contribution is -2.04. The molecule has 0 amide bonds. The summed E-state index contributed by atoms with van der Waals surface area (Å²) in [5.74, 6) is -0.286. The molecule has 0 fully saturated rings. The van der Waals surface area contributed by atoms with E-state index in [1.54, 1.807) is 54.6 Å². The van der Waals surface area contributed by atoms with Crippen molar-refractivity contribution in [2.75, 3.05) is 0 Å². The van der Waals surface area contributed by atoms with Crippen LogP contribution in [0.25, 0.3) is 0 Å². The molecular formula is C17H16O3S. The molecule has 0 saturated heterocycles. The van der Waals surface area contributed by atoms with Crippen LogP contribution in [0.1, 0.15) is 22.8 Å². The van der Waals surface area contributed by atoms with Crippen molar-refractivity contribution in [1.29, 1.82) is 0 Å². The van der Waals surface area contributed by atoms with Crippen molar-refractivity contribution in [2.45, 2.75) is 18.7 Å². The number of ketones is 1. The number of aryl methyl sites for hydroxylation is 1. The number of allylic oxidation sites excluding steroid dienone is 1. The second-order valence-electron chi connectivity index (χ2n) is 4.85. The van der Waals surface area contributed by atoms with E-state index in [0.717, 1.165) is 11.0 Å². The van der Waals surface area contributed by atoms with Gasteiger partial charge in [-0.05, 0) is 26.0 Å². The summed E-state index contributed by atoms with van der Waals surface area (Å²) in [7, 11) is -3.61. The lowest BCUT2D eigenvalue weighted by atomic mass is 10.1. The molecule has 2 aromatic rings. The Morgan fingerprint density at radius 3 is 2.10 bits per heavy atom. The minimum atomic E-state index is -3.61. The molecule has 2 rings (SSSR count). The molecule has 0 radical (unpaired) electrons. The van der Waals surface area contributed by atoms with Crippen molar-refractivity contribution in [3.63, 3.8) is 0 Å². The van der Waals surface area contributed by atoms with Gasteiger partial charge in [0.2, 0.25) is 0 Å². The quantitative estimate of drug-likeness (QED) is 0.641. The first-order valence-corrected chi connectivity index (χ1v) is 8.04. The van der Waals surface area contributed by atoms with Gasteiger partial charge in [0.15, 0.2) is 15.6 Å². The van der Waals surface area contributed by atoms with E-state index in [1.807, 2.05) is 6.92 Å². The molecule has 21 heavy (non-hydrogen) atoms. The number of carbonyl (C=O) groups excluding carboxylic acids is 1. The molecule has 0 aromatic heterocycles. The van der Waals surface area contributed by atoms with E-state index in [1.165, 1.54) is 6.92 Å². The standard InChI is InChI=1S/C17H16O3S/c1-13-8-10-16(11-9-13)21(19,20)12-14(2)17(18)15-6-4-3-5-7-15/h3-12H,1-2H3/b14-12+.